The maximum atomic E-state index is 13.6. The first-order valence-electron chi connectivity index (χ1n) is 14.9. The first kappa shape index (κ1) is 29.2. The Morgan fingerprint density at radius 3 is 2.65 bits per heavy atom. The van der Waals surface area contributed by atoms with Crippen molar-refractivity contribution in [3.05, 3.63) is 64.6 Å². The molecule has 1 amide bonds. The van der Waals surface area contributed by atoms with Crippen LogP contribution in [0, 0.1) is 11.3 Å². The van der Waals surface area contributed by atoms with Gasteiger partial charge in [-0.1, -0.05) is 13.0 Å². The van der Waals surface area contributed by atoms with Crippen molar-refractivity contribution in [3.8, 4) is 11.6 Å². The molecule has 2 aliphatic heterocycles. The molecule has 5 heterocycles. The Morgan fingerprint density at radius 1 is 1.05 bits per heavy atom. The number of nitrogens with one attached hydrogen (secondary N) is 2. The Labute approximate surface area is 251 Å². The van der Waals surface area contributed by atoms with E-state index in [1.165, 1.54) is 29.5 Å². The second-order valence-corrected chi connectivity index (χ2v) is 14.5. The van der Waals surface area contributed by atoms with Crippen LogP contribution in [0.3, 0.4) is 0 Å². The number of hydrogen-bond donors (Lipinski definition) is 2. The van der Waals surface area contributed by atoms with Crippen LogP contribution in [0.25, 0.3) is 5.82 Å². The number of carbonyl (C=O) groups is 1. The molecule has 3 aliphatic rings. The van der Waals surface area contributed by atoms with E-state index < -0.39 is 15.9 Å². The maximum absolute atomic E-state index is 13.6. The molecule has 0 unspecified atom stereocenters. The van der Waals surface area contributed by atoms with E-state index in [0.717, 1.165) is 25.7 Å². The van der Waals surface area contributed by atoms with Gasteiger partial charge < -0.3 is 15.0 Å². The van der Waals surface area contributed by atoms with E-state index in [1.54, 1.807) is 36.5 Å². The summed E-state index contributed by atoms with van der Waals surface area (Å²) in [6.07, 6.45) is 7.53. The lowest BCUT2D eigenvalue weighted by Crippen LogP contribution is -2.41. The molecule has 11 nitrogen and oxygen atoms in total. The molecule has 0 radical (unpaired) electrons. The normalized spacial score (nSPS) is 21.9. The van der Waals surface area contributed by atoms with Gasteiger partial charge in [-0.05, 0) is 100 Å². The minimum Gasteiger partial charge on any atom is -0.488 e. The standard InChI is InChI=1S/C31H38N6O5S/c1-30(2)19-21-7-5-16-32-24-9-4-10-26(33-24)43(40,41)35-28(38)22-11-12-25(34-27(22)37(30)20-21)36-17-6-8-23(29(36)39)42-18-15-31(3)13-14-31/h4,6,8-12,17,21H,5,7,13-16,18-20H2,1-3H3,(H,32,33)(H,35,38)/t21-/m0/s1. The van der Waals surface area contributed by atoms with Gasteiger partial charge in [0.1, 0.15) is 17.5 Å². The first-order chi connectivity index (χ1) is 20.4. The van der Waals surface area contributed by atoms with Gasteiger partial charge >= 0.3 is 0 Å². The predicted octanol–water partition coefficient (Wildman–Crippen LogP) is 4.13. The Kier molecular flexibility index (Phi) is 7.44. The highest BCUT2D eigenvalue weighted by molar-refractivity contribution is 7.90. The van der Waals surface area contributed by atoms with Crippen LogP contribution in [-0.2, 0) is 10.0 Å². The number of anilines is 2. The van der Waals surface area contributed by atoms with Crippen LogP contribution in [0.1, 0.15) is 69.7 Å². The number of nitrogens with zero attached hydrogens (tertiary/aromatic N) is 4. The molecule has 2 fully saturated rings. The minimum absolute atomic E-state index is 0.100. The Hall–Kier alpha value is -3.93. The highest BCUT2D eigenvalue weighted by atomic mass is 32.2. The summed E-state index contributed by atoms with van der Waals surface area (Å²) in [5.41, 5.74) is -0.308. The predicted molar refractivity (Wildman–Crippen MR) is 163 cm³/mol. The third-order valence-electron chi connectivity index (χ3n) is 8.87. The van der Waals surface area contributed by atoms with Crippen molar-refractivity contribution in [1.82, 2.24) is 19.3 Å². The third kappa shape index (κ3) is 6.11. The van der Waals surface area contributed by atoms with Crippen LogP contribution in [0.15, 0.2) is 58.5 Å². The number of amides is 1. The maximum Gasteiger partial charge on any atom is 0.298 e. The van der Waals surface area contributed by atoms with E-state index in [0.29, 0.717) is 48.5 Å². The van der Waals surface area contributed by atoms with Crippen molar-refractivity contribution in [1.29, 1.82) is 0 Å². The number of hydrogen-bond acceptors (Lipinski definition) is 9. The summed E-state index contributed by atoms with van der Waals surface area (Å²) in [5.74, 6) is 0.824. The van der Waals surface area contributed by atoms with E-state index in [9.17, 15) is 18.0 Å². The van der Waals surface area contributed by atoms with Crippen LogP contribution in [0.2, 0.25) is 0 Å². The zero-order valence-corrected chi connectivity index (χ0v) is 25.6. The minimum atomic E-state index is -4.27. The highest BCUT2D eigenvalue weighted by Gasteiger charge is 2.41. The third-order valence-corrected chi connectivity index (χ3v) is 10.1. The molecule has 3 aromatic heterocycles. The molecule has 3 aromatic rings. The first-order valence-corrected chi connectivity index (χ1v) is 16.3. The van der Waals surface area contributed by atoms with Crippen molar-refractivity contribution in [3.63, 3.8) is 0 Å². The van der Waals surface area contributed by atoms with Gasteiger partial charge in [-0.2, -0.15) is 8.42 Å². The van der Waals surface area contributed by atoms with Crippen molar-refractivity contribution in [2.24, 2.45) is 11.3 Å². The fourth-order valence-electron chi connectivity index (χ4n) is 6.04. The number of rotatable bonds is 5. The van der Waals surface area contributed by atoms with Gasteiger partial charge in [-0.25, -0.2) is 14.7 Å². The topological polar surface area (TPSA) is 136 Å². The summed E-state index contributed by atoms with van der Waals surface area (Å²) in [7, 11) is -4.27. The molecule has 2 N–H and O–H groups in total. The summed E-state index contributed by atoms with van der Waals surface area (Å²) in [6.45, 7) is 8.14. The molecule has 6 rings (SSSR count). The van der Waals surface area contributed by atoms with Gasteiger partial charge in [-0.3, -0.25) is 14.2 Å². The van der Waals surface area contributed by atoms with Crippen molar-refractivity contribution in [2.75, 3.05) is 29.9 Å². The monoisotopic (exact) mass is 606 g/mol. The van der Waals surface area contributed by atoms with Crippen LogP contribution in [-0.4, -0.2) is 54.1 Å². The number of ether oxygens (including phenoxy) is 1. The van der Waals surface area contributed by atoms with Crippen LogP contribution in [0.5, 0.6) is 5.75 Å². The van der Waals surface area contributed by atoms with Crippen molar-refractivity contribution in [2.45, 2.75) is 69.9 Å². The fraction of sp³-hybridized carbons (Fsp3) is 0.484. The van der Waals surface area contributed by atoms with Crippen molar-refractivity contribution < 1.29 is 17.9 Å². The molecule has 0 spiro atoms. The largest absolute Gasteiger partial charge is 0.488 e. The number of pyridine rings is 3. The molecular formula is C31H38N6O5S. The summed E-state index contributed by atoms with van der Waals surface area (Å²) < 4.78 is 35.9. The van der Waals surface area contributed by atoms with E-state index in [1.807, 2.05) is 0 Å². The molecule has 4 bridgehead atoms. The molecule has 12 heteroatoms. The second-order valence-electron chi connectivity index (χ2n) is 12.9. The molecular weight excluding hydrogens is 568 g/mol. The summed E-state index contributed by atoms with van der Waals surface area (Å²) in [4.78, 5) is 38.2. The van der Waals surface area contributed by atoms with E-state index in [-0.39, 0.29) is 27.4 Å². The molecule has 0 aromatic carbocycles. The second kappa shape index (κ2) is 11.0. The zero-order chi connectivity index (χ0) is 30.4. The van der Waals surface area contributed by atoms with E-state index in [2.05, 4.69) is 40.7 Å². The van der Waals surface area contributed by atoms with Crippen molar-refractivity contribution >= 4 is 27.6 Å². The van der Waals surface area contributed by atoms with Gasteiger partial charge in [0.25, 0.3) is 21.5 Å². The van der Waals surface area contributed by atoms with Gasteiger partial charge in [0.05, 0.1) is 12.2 Å². The average Bonchev–Trinajstić information content (AvgIpc) is 3.61. The Morgan fingerprint density at radius 2 is 1.86 bits per heavy atom. The van der Waals surface area contributed by atoms with Crippen LogP contribution < -0.4 is 25.2 Å². The Bertz CT molecular complexity index is 1720. The molecule has 1 aliphatic carbocycles. The zero-order valence-electron chi connectivity index (χ0n) is 24.8. The molecule has 1 saturated carbocycles. The number of fused-ring (bicyclic) bond motifs is 6. The number of carbonyl (C=O) groups excluding carboxylic acids is 1. The quantitative estimate of drug-likeness (QED) is 0.440. The summed E-state index contributed by atoms with van der Waals surface area (Å²) in [6, 6.07) is 11.1. The highest BCUT2D eigenvalue weighted by Crippen LogP contribution is 2.48. The lowest BCUT2D eigenvalue weighted by molar-refractivity contribution is 0.0981. The SMILES string of the molecule is CC1(CCOc2cccn(-c3ccc4c(n3)N3C[C@@H](CCCNc5cccc(n5)S(=O)(=O)NC4=O)CC3(C)C)c2=O)CC1. The fourth-order valence-corrected chi connectivity index (χ4v) is 6.98. The van der Waals surface area contributed by atoms with E-state index in [4.69, 9.17) is 9.72 Å². The number of aromatic nitrogens is 3. The van der Waals surface area contributed by atoms with Crippen LogP contribution in [0.4, 0.5) is 11.6 Å². The van der Waals surface area contributed by atoms with Gasteiger partial charge in [0.2, 0.25) is 0 Å². The van der Waals surface area contributed by atoms with Gasteiger partial charge in [0, 0.05) is 24.8 Å². The number of sulfonamides is 1. The Balaban J connectivity index is 1.39. The summed E-state index contributed by atoms with van der Waals surface area (Å²) in [5, 5.41) is 2.94. The van der Waals surface area contributed by atoms with Gasteiger partial charge in [0.15, 0.2) is 10.8 Å². The smallest absolute Gasteiger partial charge is 0.298 e. The lowest BCUT2D eigenvalue weighted by atomic mass is 9.93. The van der Waals surface area contributed by atoms with Gasteiger partial charge in [-0.15, -0.1) is 0 Å². The molecule has 228 valence electrons. The van der Waals surface area contributed by atoms with E-state index >= 15 is 0 Å². The summed E-state index contributed by atoms with van der Waals surface area (Å²) >= 11 is 0. The van der Waals surface area contributed by atoms with Crippen LogP contribution >= 0.6 is 0 Å². The average molecular weight is 607 g/mol. The lowest BCUT2D eigenvalue weighted by Gasteiger charge is -2.34. The molecule has 43 heavy (non-hydrogen) atoms. The molecule has 1 saturated heterocycles. The molecule has 1 atom stereocenters.